The molecule has 9 heteroatoms. The number of alkyl halides is 3. The molecule has 1 aliphatic heterocycles. The lowest BCUT2D eigenvalue weighted by Gasteiger charge is -2.22. The van der Waals surface area contributed by atoms with Crippen molar-refractivity contribution in [3.8, 4) is 11.4 Å². The fraction of sp³-hybridized carbons (Fsp3) is 0.389. The molecule has 0 aliphatic carbocycles. The monoisotopic (exact) mass is 381 g/mol. The predicted molar refractivity (Wildman–Crippen MR) is 90.1 cm³/mol. The number of halogens is 3. The number of nitrogens with one attached hydrogen (secondary N) is 1. The van der Waals surface area contributed by atoms with Gasteiger partial charge in [-0.1, -0.05) is 12.1 Å². The van der Waals surface area contributed by atoms with Gasteiger partial charge in [-0.3, -0.25) is 9.59 Å². The first kappa shape index (κ1) is 18.9. The maximum atomic E-state index is 12.9. The standard InChI is InChI=1S/C18H18F3N3O3/c1-10-15(17(27)24-7-3-6-13(24)9-14(25)26)23-16(22-10)11-4-2-5-12(8-11)18(19,20)21/h2,4-5,8,13H,3,6-7,9H2,1H3,(H,22,23)(H,25,26). The number of hydrogen-bond donors (Lipinski definition) is 2. The van der Waals surface area contributed by atoms with Crippen molar-refractivity contribution in [2.24, 2.45) is 0 Å². The minimum absolute atomic E-state index is 0.0969. The van der Waals surface area contributed by atoms with Gasteiger partial charge in [0, 0.05) is 23.8 Å². The molecule has 1 aromatic heterocycles. The van der Waals surface area contributed by atoms with E-state index in [1.165, 1.54) is 17.0 Å². The van der Waals surface area contributed by atoms with Crippen molar-refractivity contribution in [1.29, 1.82) is 0 Å². The van der Waals surface area contributed by atoms with Gasteiger partial charge in [0.15, 0.2) is 0 Å². The van der Waals surface area contributed by atoms with Gasteiger partial charge in [-0.05, 0) is 31.9 Å². The molecular weight excluding hydrogens is 363 g/mol. The van der Waals surface area contributed by atoms with Crippen molar-refractivity contribution in [2.75, 3.05) is 6.54 Å². The molecule has 2 heterocycles. The summed E-state index contributed by atoms with van der Waals surface area (Å²) in [5.41, 5.74) is -0.0634. The van der Waals surface area contributed by atoms with Crippen molar-refractivity contribution in [3.63, 3.8) is 0 Å². The second-order valence-corrected chi connectivity index (χ2v) is 6.53. The van der Waals surface area contributed by atoms with Crippen LogP contribution < -0.4 is 0 Å². The summed E-state index contributed by atoms with van der Waals surface area (Å²) in [4.78, 5) is 32.3. The van der Waals surface area contributed by atoms with E-state index in [0.717, 1.165) is 12.1 Å². The smallest absolute Gasteiger partial charge is 0.416 e. The fourth-order valence-electron chi connectivity index (χ4n) is 3.30. The highest BCUT2D eigenvalue weighted by atomic mass is 19.4. The normalized spacial score (nSPS) is 17.3. The van der Waals surface area contributed by atoms with E-state index < -0.39 is 29.7 Å². The number of aromatic amines is 1. The third-order valence-corrected chi connectivity index (χ3v) is 4.60. The van der Waals surface area contributed by atoms with Gasteiger partial charge in [0.2, 0.25) is 0 Å². The molecule has 2 N–H and O–H groups in total. The molecule has 144 valence electrons. The molecule has 1 aromatic carbocycles. The number of imidazole rings is 1. The minimum Gasteiger partial charge on any atom is -0.481 e. The van der Waals surface area contributed by atoms with Gasteiger partial charge >= 0.3 is 12.1 Å². The fourth-order valence-corrected chi connectivity index (χ4v) is 3.30. The molecule has 2 aromatic rings. The van der Waals surface area contributed by atoms with Crippen LogP contribution in [0.3, 0.4) is 0 Å². The molecule has 6 nitrogen and oxygen atoms in total. The van der Waals surface area contributed by atoms with Crippen molar-refractivity contribution in [2.45, 2.75) is 38.4 Å². The van der Waals surface area contributed by atoms with Crippen molar-refractivity contribution >= 4 is 11.9 Å². The van der Waals surface area contributed by atoms with Crippen LogP contribution in [-0.2, 0) is 11.0 Å². The quantitative estimate of drug-likeness (QED) is 0.849. The molecule has 1 unspecified atom stereocenters. The zero-order valence-corrected chi connectivity index (χ0v) is 14.5. The first-order valence-electron chi connectivity index (χ1n) is 8.44. The van der Waals surface area contributed by atoms with Crippen LogP contribution in [0.2, 0.25) is 0 Å². The number of carboxylic acids is 1. The number of likely N-dealkylation sites (tertiary alicyclic amines) is 1. The van der Waals surface area contributed by atoms with E-state index in [4.69, 9.17) is 5.11 Å². The van der Waals surface area contributed by atoms with E-state index in [1.54, 1.807) is 6.92 Å². The van der Waals surface area contributed by atoms with Gasteiger partial charge in [-0.2, -0.15) is 13.2 Å². The molecule has 3 rings (SSSR count). The van der Waals surface area contributed by atoms with Gasteiger partial charge in [0.1, 0.15) is 11.5 Å². The Bertz CT molecular complexity index is 876. The van der Waals surface area contributed by atoms with Gasteiger partial charge in [0.05, 0.1) is 12.0 Å². The molecule has 0 radical (unpaired) electrons. The third-order valence-electron chi connectivity index (χ3n) is 4.60. The molecular formula is C18H18F3N3O3. The van der Waals surface area contributed by atoms with E-state index in [1.807, 2.05) is 0 Å². The Kier molecular flexibility index (Phi) is 4.95. The largest absolute Gasteiger partial charge is 0.481 e. The number of H-pyrrole nitrogens is 1. The van der Waals surface area contributed by atoms with E-state index in [9.17, 15) is 22.8 Å². The van der Waals surface area contributed by atoms with Crippen molar-refractivity contribution in [3.05, 3.63) is 41.2 Å². The Morgan fingerprint density at radius 3 is 2.78 bits per heavy atom. The maximum absolute atomic E-state index is 12.9. The summed E-state index contributed by atoms with van der Waals surface area (Å²) in [5, 5.41) is 8.99. The first-order valence-corrected chi connectivity index (χ1v) is 8.44. The van der Waals surface area contributed by atoms with Crippen LogP contribution in [0.1, 0.15) is 41.0 Å². The van der Waals surface area contributed by atoms with Crippen LogP contribution in [0.4, 0.5) is 13.2 Å². The van der Waals surface area contributed by atoms with Crippen LogP contribution in [0, 0.1) is 6.92 Å². The summed E-state index contributed by atoms with van der Waals surface area (Å²) in [6.45, 7) is 2.04. The molecule has 1 atom stereocenters. The average Bonchev–Trinajstić information content (AvgIpc) is 3.20. The van der Waals surface area contributed by atoms with E-state index in [0.29, 0.717) is 25.1 Å². The van der Waals surface area contributed by atoms with E-state index in [2.05, 4.69) is 9.97 Å². The zero-order chi connectivity index (χ0) is 19.8. The Morgan fingerprint density at radius 1 is 1.37 bits per heavy atom. The highest BCUT2D eigenvalue weighted by molar-refractivity contribution is 5.94. The van der Waals surface area contributed by atoms with Gasteiger partial charge in [-0.15, -0.1) is 0 Å². The summed E-state index contributed by atoms with van der Waals surface area (Å²) in [5.74, 6) is -1.23. The molecule has 0 bridgehead atoms. The number of benzene rings is 1. The number of carboxylic acid groups (broad SMARTS) is 1. The molecule has 1 saturated heterocycles. The number of nitrogens with zero attached hydrogens (tertiary/aromatic N) is 2. The Morgan fingerprint density at radius 2 is 2.11 bits per heavy atom. The Hall–Kier alpha value is -2.84. The SMILES string of the molecule is Cc1[nH]c(-c2cccc(C(F)(F)F)c2)nc1C(=O)N1CCCC1CC(=O)O. The lowest BCUT2D eigenvalue weighted by molar-refractivity contribution is -0.138. The summed E-state index contributed by atoms with van der Waals surface area (Å²) < 4.78 is 38.7. The van der Waals surface area contributed by atoms with Crippen LogP contribution >= 0.6 is 0 Å². The number of aromatic nitrogens is 2. The lowest BCUT2D eigenvalue weighted by atomic mass is 10.1. The maximum Gasteiger partial charge on any atom is 0.416 e. The number of amides is 1. The number of carbonyl (C=O) groups is 2. The zero-order valence-electron chi connectivity index (χ0n) is 14.5. The number of carbonyl (C=O) groups excluding carboxylic acids is 1. The Labute approximate surface area is 153 Å². The molecule has 0 spiro atoms. The second kappa shape index (κ2) is 7.05. The van der Waals surface area contributed by atoms with Crippen LogP contribution in [0.5, 0.6) is 0 Å². The predicted octanol–water partition coefficient (Wildman–Crippen LogP) is 3.48. The van der Waals surface area contributed by atoms with Crippen LogP contribution in [-0.4, -0.2) is 44.4 Å². The molecule has 27 heavy (non-hydrogen) atoms. The topological polar surface area (TPSA) is 86.3 Å². The highest BCUT2D eigenvalue weighted by Gasteiger charge is 2.33. The van der Waals surface area contributed by atoms with Gasteiger partial charge in [-0.25, -0.2) is 4.98 Å². The second-order valence-electron chi connectivity index (χ2n) is 6.53. The highest BCUT2D eigenvalue weighted by Crippen LogP contribution is 2.32. The van der Waals surface area contributed by atoms with Crippen LogP contribution in [0.15, 0.2) is 24.3 Å². The van der Waals surface area contributed by atoms with E-state index in [-0.39, 0.29) is 23.5 Å². The molecule has 0 saturated carbocycles. The average molecular weight is 381 g/mol. The van der Waals surface area contributed by atoms with Crippen molar-refractivity contribution in [1.82, 2.24) is 14.9 Å². The van der Waals surface area contributed by atoms with Crippen LogP contribution in [0.25, 0.3) is 11.4 Å². The van der Waals surface area contributed by atoms with Gasteiger partial charge in [0.25, 0.3) is 5.91 Å². The Balaban J connectivity index is 1.89. The lowest BCUT2D eigenvalue weighted by Crippen LogP contribution is -2.37. The summed E-state index contributed by atoms with van der Waals surface area (Å²) in [6, 6.07) is 4.29. The number of rotatable bonds is 4. The summed E-state index contributed by atoms with van der Waals surface area (Å²) in [7, 11) is 0. The number of hydrogen-bond acceptors (Lipinski definition) is 3. The minimum atomic E-state index is -4.48. The molecule has 1 amide bonds. The van der Waals surface area contributed by atoms with Crippen molar-refractivity contribution < 1.29 is 27.9 Å². The molecule has 1 fully saturated rings. The third kappa shape index (κ3) is 3.96. The first-order chi connectivity index (χ1) is 12.7. The molecule has 1 aliphatic rings. The van der Waals surface area contributed by atoms with E-state index >= 15 is 0 Å². The number of aryl methyl sites for hydroxylation is 1. The van der Waals surface area contributed by atoms with Gasteiger partial charge < -0.3 is 15.0 Å². The number of aliphatic carboxylic acids is 1. The summed E-state index contributed by atoms with van der Waals surface area (Å²) in [6.07, 6.45) is -3.32. The summed E-state index contributed by atoms with van der Waals surface area (Å²) >= 11 is 0.